The van der Waals surface area contributed by atoms with Gasteiger partial charge in [-0.1, -0.05) is 297 Å². The fraction of sp³-hybridized carbons (Fsp3) is 0.00893. The van der Waals surface area contributed by atoms with Crippen LogP contribution in [0.1, 0.15) is 22.6 Å². The fourth-order valence-electron chi connectivity index (χ4n) is 18.7. The monoisotopic (exact) mass is 1500 g/mol. The van der Waals surface area contributed by atoms with E-state index in [0.717, 1.165) is 139 Å². The average Bonchev–Trinajstić information content (AvgIpc) is 1.54. The highest BCUT2D eigenvalue weighted by Gasteiger charge is 2.31. The van der Waals surface area contributed by atoms with Gasteiger partial charge in [-0.15, -0.1) is 0 Å². The zero-order valence-corrected chi connectivity index (χ0v) is 64.3. The lowest BCUT2D eigenvalue weighted by molar-refractivity contribution is 1.02. The first kappa shape index (κ1) is 68.0. The number of para-hydroxylation sites is 6. The molecule has 4 aromatic heterocycles. The number of hydrogen-bond acceptors (Lipinski definition) is 3. The third kappa shape index (κ3) is 11.6. The molecular formula is C112H72N6. The van der Waals surface area contributed by atoms with Crippen molar-refractivity contribution in [1.82, 2.24) is 28.7 Å². The zero-order chi connectivity index (χ0) is 77.7. The van der Waals surface area contributed by atoms with Crippen LogP contribution in [0.5, 0.6) is 0 Å². The van der Waals surface area contributed by atoms with E-state index in [1.165, 1.54) is 65.7 Å². The Balaban J connectivity index is 0.776. The predicted molar refractivity (Wildman–Crippen MR) is 490 cm³/mol. The van der Waals surface area contributed by atoms with Crippen molar-refractivity contribution in [3.05, 3.63) is 447 Å². The molecule has 550 valence electrons. The van der Waals surface area contributed by atoms with Gasteiger partial charge < -0.3 is 13.7 Å². The van der Waals surface area contributed by atoms with Gasteiger partial charge in [0.05, 0.1) is 33.1 Å². The van der Waals surface area contributed by atoms with Crippen LogP contribution in [0.25, 0.3) is 206 Å². The Morgan fingerprint density at radius 2 is 0.492 bits per heavy atom. The van der Waals surface area contributed by atoms with E-state index in [-0.39, 0.29) is 5.92 Å². The van der Waals surface area contributed by atoms with E-state index in [1.807, 2.05) is 36.4 Å². The van der Waals surface area contributed by atoms with Crippen LogP contribution >= 0.6 is 0 Å². The summed E-state index contributed by atoms with van der Waals surface area (Å²) < 4.78 is 7.22. The molecule has 6 nitrogen and oxygen atoms in total. The van der Waals surface area contributed by atoms with E-state index in [0.29, 0.717) is 17.5 Å². The van der Waals surface area contributed by atoms with Crippen molar-refractivity contribution in [1.29, 1.82) is 0 Å². The Hall–Kier alpha value is -15.6. The SMILES string of the molecule is c1ccc(-c2nc(-c3ccccc3)nc(-c3ccc(-c4ccccc4-c4cc(-c5ccc6c(c5)C(c5ccccc5)c5ccccc5-6)cc(-c5ccc6c(c5)c5ccccc5n6-c5ccccc5)c4)c(-c4cc(-c5ccc6c(c5)c5ccccc5n6-c5ccccc5)cc(-c5ccc6c7ccccc7n(-c7ccccc7)c6c5)c4)c3)n2)cc1. The molecule has 0 amide bonds. The number of hydrogen-bond donors (Lipinski definition) is 0. The summed E-state index contributed by atoms with van der Waals surface area (Å²) in [5, 5.41) is 7.16. The van der Waals surface area contributed by atoms with Crippen molar-refractivity contribution >= 4 is 65.4 Å². The molecule has 0 radical (unpaired) electrons. The van der Waals surface area contributed by atoms with Gasteiger partial charge in [-0.2, -0.15) is 0 Å². The van der Waals surface area contributed by atoms with E-state index in [1.54, 1.807) is 0 Å². The second-order valence-corrected chi connectivity index (χ2v) is 30.9. The van der Waals surface area contributed by atoms with Crippen molar-refractivity contribution in [3.63, 3.8) is 0 Å². The van der Waals surface area contributed by atoms with Crippen LogP contribution in [-0.2, 0) is 0 Å². The van der Waals surface area contributed by atoms with Crippen molar-refractivity contribution in [2.75, 3.05) is 0 Å². The standard InChI is InChI=1S/C112H72N6/c1-7-29-72(30-8-1)109-98-47-22-21-43-91(98)93-56-51-75(69-102(93)109)80-61-81(76-54-59-106-100(67-76)95-45-24-27-49-104(95)116(106)86-35-13-4-14-36-86)64-84(63-80)89-41-19-20-42-90(89)92-57-53-79(112-114-110(73-31-9-2-10-32-73)113-111(115-112)74-33-11-3-12-34-74)70-99(92)85-65-82(77-55-60-107-101(68-77)96-46-25-28-50-105(96)117(107)87-37-15-5-16-38-87)62-83(66-85)78-52-58-97-94-44-23-26-48-103(94)118(108(97)71-78)88-39-17-6-18-40-88/h1-71,109H. The molecule has 0 spiro atoms. The maximum atomic E-state index is 5.45. The molecule has 6 heteroatoms. The third-order valence-corrected chi connectivity index (χ3v) is 24.1. The summed E-state index contributed by atoms with van der Waals surface area (Å²) >= 11 is 0. The minimum Gasteiger partial charge on any atom is -0.309 e. The van der Waals surface area contributed by atoms with Gasteiger partial charge in [0.25, 0.3) is 0 Å². The molecule has 4 heterocycles. The molecule has 0 N–H and O–H groups in total. The van der Waals surface area contributed by atoms with Gasteiger partial charge in [0.15, 0.2) is 17.5 Å². The molecule has 0 bridgehead atoms. The molecule has 1 aliphatic carbocycles. The highest BCUT2D eigenvalue weighted by atomic mass is 15.0. The lowest BCUT2D eigenvalue weighted by atomic mass is 9.84. The van der Waals surface area contributed by atoms with Crippen LogP contribution in [0.3, 0.4) is 0 Å². The summed E-state index contributed by atoms with van der Waals surface area (Å²) in [5.74, 6) is 1.83. The number of aromatic nitrogens is 6. The molecule has 23 rings (SSSR count). The highest BCUT2D eigenvalue weighted by Crippen LogP contribution is 2.52. The summed E-state index contributed by atoms with van der Waals surface area (Å²) in [7, 11) is 0. The zero-order valence-electron chi connectivity index (χ0n) is 64.3. The average molecular weight is 1500 g/mol. The molecule has 0 fully saturated rings. The van der Waals surface area contributed by atoms with Gasteiger partial charge in [0.1, 0.15) is 0 Å². The number of benzene rings is 18. The summed E-state index contributed by atoms with van der Waals surface area (Å²) in [4.78, 5) is 16.1. The number of fused-ring (bicyclic) bond motifs is 12. The van der Waals surface area contributed by atoms with Gasteiger partial charge in [-0.05, 0) is 239 Å². The number of rotatable bonds is 14. The lowest BCUT2D eigenvalue weighted by Crippen LogP contribution is -2.00. The quantitative estimate of drug-likeness (QED) is 0.109. The van der Waals surface area contributed by atoms with E-state index in [2.05, 4.69) is 408 Å². The lowest BCUT2D eigenvalue weighted by Gasteiger charge is -2.20. The van der Waals surface area contributed by atoms with Gasteiger partial charge in [0, 0.05) is 72.0 Å². The molecule has 18 aromatic carbocycles. The smallest absolute Gasteiger partial charge is 0.164 e. The molecule has 1 aliphatic rings. The van der Waals surface area contributed by atoms with Crippen LogP contribution in [0.15, 0.2) is 431 Å². The first-order chi connectivity index (χ1) is 58.5. The van der Waals surface area contributed by atoms with Crippen LogP contribution in [0.2, 0.25) is 0 Å². The molecule has 22 aromatic rings. The first-order valence-electron chi connectivity index (χ1n) is 40.5. The van der Waals surface area contributed by atoms with Gasteiger partial charge in [-0.25, -0.2) is 15.0 Å². The van der Waals surface area contributed by atoms with Crippen LogP contribution < -0.4 is 0 Å². The molecule has 0 aliphatic heterocycles. The minimum atomic E-state index is 0.0705. The summed E-state index contributed by atoms with van der Waals surface area (Å²) in [5.41, 5.74) is 34.6. The Bertz CT molecular complexity index is 7660. The summed E-state index contributed by atoms with van der Waals surface area (Å²) in [6, 6.07) is 158. The second kappa shape index (κ2) is 28.2. The van der Waals surface area contributed by atoms with Crippen molar-refractivity contribution in [2.24, 2.45) is 0 Å². The molecule has 0 saturated carbocycles. The maximum Gasteiger partial charge on any atom is 0.164 e. The largest absolute Gasteiger partial charge is 0.309 e. The Kier molecular flexibility index (Phi) is 16.2. The van der Waals surface area contributed by atoms with Crippen molar-refractivity contribution < 1.29 is 0 Å². The van der Waals surface area contributed by atoms with Crippen molar-refractivity contribution in [2.45, 2.75) is 5.92 Å². The van der Waals surface area contributed by atoms with Gasteiger partial charge in [0.2, 0.25) is 0 Å². The third-order valence-electron chi connectivity index (χ3n) is 24.1. The first-order valence-corrected chi connectivity index (χ1v) is 40.5. The van der Waals surface area contributed by atoms with E-state index in [9.17, 15) is 0 Å². The van der Waals surface area contributed by atoms with E-state index in [4.69, 9.17) is 15.0 Å². The predicted octanol–water partition coefficient (Wildman–Crippen LogP) is 29.0. The van der Waals surface area contributed by atoms with Gasteiger partial charge in [-0.3, -0.25) is 0 Å². The van der Waals surface area contributed by atoms with Crippen LogP contribution in [0, 0.1) is 0 Å². The molecule has 1 atom stereocenters. The van der Waals surface area contributed by atoms with Gasteiger partial charge >= 0.3 is 0 Å². The Labute approximate surface area is 683 Å². The second-order valence-electron chi connectivity index (χ2n) is 30.9. The molecule has 0 saturated heterocycles. The minimum absolute atomic E-state index is 0.0705. The fourth-order valence-corrected chi connectivity index (χ4v) is 18.7. The topological polar surface area (TPSA) is 53.5 Å². The molecular weight excluding hydrogens is 1430 g/mol. The van der Waals surface area contributed by atoms with Crippen LogP contribution in [0.4, 0.5) is 0 Å². The highest BCUT2D eigenvalue weighted by molar-refractivity contribution is 6.14. The van der Waals surface area contributed by atoms with E-state index >= 15 is 0 Å². The maximum absolute atomic E-state index is 5.45. The summed E-state index contributed by atoms with van der Waals surface area (Å²) in [6.45, 7) is 0. The Morgan fingerprint density at radius 1 is 0.161 bits per heavy atom. The molecule has 118 heavy (non-hydrogen) atoms. The normalized spacial score (nSPS) is 12.5. The molecule has 1 unspecified atom stereocenters. The van der Waals surface area contributed by atoms with Crippen LogP contribution in [-0.4, -0.2) is 28.7 Å². The Morgan fingerprint density at radius 3 is 1.02 bits per heavy atom. The number of nitrogens with zero attached hydrogens (tertiary/aromatic N) is 6. The van der Waals surface area contributed by atoms with Crippen molar-refractivity contribution in [3.8, 4) is 140 Å². The van der Waals surface area contributed by atoms with E-state index < -0.39 is 0 Å². The summed E-state index contributed by atoms with van der Waals surface area (Å²) in [6.07, 6.45) is 0.